The Morgan fingerprint density at radius 2 is 1.63 bits per heavy atom. The molecule has 8 heteroatoms. The van der Waals surface area contributed by atoms with E-state index in [2.05, 4.69) is 42.3 Å². The summed E-state index contributed by atoms with van der Waals surface area (Å²) in [6, 6.07) is 7.41. The van der Waals surface area contributed by atoms with Crippen molar-refractivity contribution in [3.63, 3.8) is 0 Å². The topological polar surface area (TPSA) is 53.8 Å². The summed E-state index contributed by atoms with van der Waals surface area (Å²) in [7, 11) is 0. The van der Waals surface area contributed by atoms with Gasteiger partial charge in [0.1, 0.15) is 11.6 Å². The average Bonchev–Trinajstić information content (AvgIpc) is 2.78. The highest BCUT2D eigenvalue weighted by Gasteiger charge is 2.16. The van der Waals surface area contributed by atoms with Gasteiger partial charge in [0.15, 0.2) is 0 Å². The van der Waals surface area contributed by atoms with Crippen LogP contribution in [0, 0.1) is 11.6 Å². The average molecular weight is 524 g/mol. The van der Waals surface area contributed by atoms with Crippen LogP contribution >= 0.6 is 44.3 Å². The Labute approximate surface area is 179 Å². The van der Waals surface area contributed by atoms with Crippen molar-refractivity contribution in [1.29, 1.82) is 0 Å². The van der Waals surface area contributed by atoms with E-state index in [1.807, 2.05) is 0 Å². The Kier molecular flexibility index (Phi) is 8.09. The lowest BCUT2D eigenvalue weighted by Gasteiger charge is -2.00. The molecule has 1 aliphatic carbocycles. The van der Waals surface area contributed by atoms with Gasteiger partial charge in [0.05, 0.1) is 11.2 Å². The summed E-state index contributed by atoms with van der Waals surface area (Å²) in [4.78, 5) is 3.44. The van der Waals surface area contributed by atoms with Gasteiger partial charge >= 0.3 is 0 Å². The maximum absolute atomic E-state index is 13.4. The Bertz CT molecular complexity index is 931. The molecule has 0 fully saturated rings. The van der Waals surface area contributed by atoms with Crippen molar-refractivity contribution in [2.75, 3.05) is 5.43 Å². The number of anilines is 1. The van der Waals surface area contributed by atoms with Gasteiger partial charge in [0, 0.05) is 20.0 Å². The van der Waals surface area contributed by atoms with E-state index in [4.69, 9.17) is 5.84 Å². The molecular formula is C19H20Br2ClF2N3. The minimum atomic E-state index is -0.286. The minimum Gasteiger partial charge on any atom is -0.357 e. The first kappa shape index (κ1) is 22.1. The van der Waals surface area contributed by atoms with Gasteiger partial charge in [-0.3, -0.25) is 5.84 Å². The lowest BCUT2D eigenvalue weighted by Crippen LogP contribution is -2.07. The Morgan fingerprint density at radius 3 is 2.33 bits per heavy atom. The summed E-state index contributed by atoms with van der Waals surface area (Å²) in [6.07, 6.45) is 5.90. The highest BCUT2D eigenvalue weighted by molar-refractivity contribution is 9.11. The van der Waals surface area contributed by atoms with Crippen LogP contribution in [-0.4, -0.2) is 4.98 Å². The molecule has 0 amide bonds. The molecule has 1 aromatic heterocycles. The number of rotatable bonds is 1. The first-order chi connectivity index (χ1) is 12.5. The van der Waals surface area contributed by atoms with E-state index in [0.29, 0.717) is 10.2 Å². The predicted molar refractivity (Wildman–Crippen MR) is 116 cm³/mol. The van der Waals surface area contributed by atoms with Crippen LogP contribution in [0.1, 0.15) is 30.5 Å². The second-order valence-electron chi connectivity index (χ2n) is 6.22. The zero-order valence-corrected chi connectivity index (χ0v) is 18.4. The number of hydrazine groups is 1. The van der Waals surface area contributed by atoms with Gasteiger partial charge in [0.25, 0.3) is 0 Å². The van der Waals surface area contributed by atoms with Gasteiger partial charge in [-0.05, 0) is 93.4 Å². The van der Waals surface area contributed by atoms with Crippen molar-refractivity contribution in [3.8, 4) is 0 Å². The number of halogens is 5. The zero-order valence-electron chi connectivity index (χ0n) is 14.4. The highest BCUT2D eigenvalue weighted by atomic mass is 79.9. The summed E-state index contributed by atoms with van der Waals surface area (Å²) in [5, 5.41) is 1.06. The number of hydrogen-bond donors (Lipinski definition) is 3. The van der Waals surface area contributed by atoms with E-state index in [0.717, 1.165) is 28.2 Å². The second kappa shape index (κ2) is 9.87. The van der Waals surface area contributed by atoms with Crippen molar-refractivity contribution < 1.29 is 8.78 Å². The maximum Gasteiger partial charge on any atom is 0.125 e. The lowest BCUT2D eigenvalue weighted by molar-refractivity contribution is 0.627. The molecule has 0 atom stereocenters. The summed E-state index contributed by atoms with van der Waals surface area (Å²) >= 11 is 6.55. The number of nitrogen functional groups attached to an aromatic ring is 1. The molecule has 27 heavy (non-hydrogen) atoms. The molecule has 0 saturated carbocycles. The summed E-state index contributed by atoms with van der Waals surface area (Å²) in [5.41, 5.74) is 6.76. The molecule has 3 aromatic rings. The first-order valence-corrected chi connectivity index (χ1v) is 9.98. The lowest BCUT2D eigenvalue weighted by atomic mass is 10.1. The van der Waals surface area contributed by atoms with Crippen molar-refractivity contribution in [2.24, 2.45) is 5.84 Å². The van der Waals surface area contributed by atoms with Crippen molar-refractivity contribution >= 4 is 60.9 Å². The van der Waals surface area contributed by atoms with Crippen LogP contribution < -0.4 is 11.3 Å². The Morgan fingerprint density at radius 1 is 0.926 bits per heavy atom. The van der Waals surface area contributed by atoms with Gasteiger partial charge in [-0.15, -0.1) is 12.4 Å². The number of nitrogens with one attached hydrogen (secondary N) is 2. The van der Waals surface area contributed by atoms with E-state index in [1.54, 1.807) is 12.1 Å². The van der Waals surface area contributed by atoms with E-state index in [-0.39, 0.29) is 24.0 Å². The third-order valence-corrected chi connectivity index (χ3v) is 5.74. The molecule has 146 valence electrons. The number of aromatic amines is 1. The minimum absolute atomic E-state index is 0. The smallest absolute Gasteiger partial charge is 0.125 e. The predicted octanol–water partition coefficient (Wildman–Crippen LogP) is 6.63. The molecule has 4 rings (SSSR count). The summed E-state index contributed by atoms with van der Waals surface area (Å²) < 4.78 is 27.2. The molecule has 0 radical (unpaired) electrons. The zero-order chi connectivity index (χ0) is 18.7. The molecule has 0 bridgehead atoms. The van der Waals surface area contributed by atoms with Gasteiger partial charge in [0.2, 0.25) is 0 Å². The molecule has 1 heterocycles. The molecule has 0 aliphatic heterocycles. The van der Waals surface area contributed by atoms with Crippen LogP contribution in [0.25, 0.3) is 10.9 Å². The van der Waals surface area contributed by atoms with E-state index < -0.39 is 0 Å². The van der Waals surface area contributed by atoms with Crippen LogP contribution in [0.2, 0.25) is 0 Å². The molecule has 0 spiro atoms. The molecule has 4 N–H and O–H groups in total. The van der Waals surface area contributed by atoms with Crippen molar-refractivity contribution in [2.45, 2.75) is 32.1 Å². The van der Waals surface area contributed by atoms with E-state index >= 15 is 0 Å². The summed E-state index contributed by atoms with van der Waals surface area (Å²) in [6.45, 7) is 0. The Hall–Kier alpha value is -1.15. The quantitative estimate of drug-likeness (QED) is 0.190. The fraction of sp³-hybridized carbons (Fsp3) is 0.263. The molecule has 3 nitrogen and oxygen atoms in total. The highest BCUT2D eigenvalue weighted by Crippen LogP contribution is 2.33. The third-order valence-electron chi connectivity index (χ3n) is 4.46. The number of nitrogens with two attached hydrogens (primary N) is 1. The van der Waals surface area contributed by atoms with Crippen LogP contribution in [0.4, 0.5) is 14.5 Å². The number of aryl methyl sites for hydroxylation is 2. The van der Waals surface area contributed by atoms with Crippen LogP contribution in [0.15, 0.2) is 39.3 Å². The number of aromatic nitrogens is 1. The molecule has 0 saturated heterocycles. The number of fused-ring (bicyclic) bond motifs is 3. The van der Waals surface area contributed by atoms with Gasteiger partial charge in [-0.2, -0.15) is 0 Å². The summed E-state index contributed by atoms with van der Waals surface area (Å²) in [5.74, 6) is 4.65. The molecular weight excluding hydrogens is 503 g/mol. The number of H-pyrrole nitrogens is 1. The SMILES string of the molecule is Cl.Fc1cc(Br)c2[nH]c3c(c2c1)CCCCC3.NNc1ccc(F)cc1Br. The first-order valence-electron chi connectivity index (χ1n) is 8.39. The van der Waals surface area contributed by atoms with Crippen molar-refractivity contribution in [1.82, 2.24) is 4.98 Å². The van der Waals surface area contributed by atoms with Gasteiger partial charge in [-0.1, -0.05) is 6.42 Å². The normalized spacial score (nSPS) is 13.1. The van der Waals surface area contributed by atoms with Gasteiger partial charge in [-0.25, -0.2) is 8.78 Å². The monoisotopic (exact) mass is 521 g/mol. The number of benzene rings is 2. The van der Waals surface area contributed by atoms with E-state index in [9.17, 15) is 8.78 Å². The molecule has 2 aromatic carbocycles. The standard InChI is InChI=1S/C13H13BrFN.C6H6BrFN2.ClH/c14-11-7-8(15)6-10-9-4-2-1-3-5-12(9)16-13(10)11;7-5-3-4(8)1-2-6(5)10-9;/h6-7,16H,1-5H2;1-3,10H,9H2;1H. The fourth-order valence-electron chi connectivity index (χ4n) is 3.21. The number of hydrogen-bond acceptors (Lipinski definition) is 2. The van der Waals surface area contributed by atoms with Crippen LogP contribution in [0.5, 0.6) is 0 Å². The van der Waals surface area contributed by atoms with Crippen LogP contribution in [-0.2, 0) is 12.8 Å². The maximum atomic E-state index is 13.4. The van der Waals surface area contributed by atoms with Crippen LogP contribution in [0.3, 0.4) is 0 Å². The Balaban J connectivity index is 0.000000208. The second-order valence-corrected chi connectivity index (χ2v) is 7.93. The third kappa shape index (κ3) is 5.22. The fourth-order valence-corrected chi connectivity index (χ4v) is 4.21. The molecule has 1 aliphatic rings. The van der Waals surface area contributed by atoms with Gasteiger partial charge < -0.3 is 10.4 Å². The van der Waals surface area contributed by atoms with Crippen molar-refractivity contribution in [3.05, 3.63) is 62.2 Å². The largest absolute Gasteiger partial charge is 0.357 e. The van der Waals surface area contributed by atoms with E-state index in [1.165, 1.54) is 48.7 Å². The molecule has 0 unspecified atom stereocenters.